The van der Waals surface area contributed by atoms with Gasteiger partial charge in [0.1, 0.15) is 0 Å². The summed E-state index contributed by atoms with van der Waals surface area (Å²) in [6, 6.07) is 0. The maximum atomic E-state index is 10.4. The Bertz CT molecular complexity index is 190. The van der Waals surface area contributed by atoms with E-state index in [1.54, 1.807) is 5.94 Å². The molecule has 0 rings (SSSR count). The third-order valence-electron chi connectivity index (χ3n) is 1.41. The molecule has 0 radical (unpaired) electrons. The lowest BCUT2D eigenvalue weighted by Crippen LogP contribution is -2.06. The molecule has 0 fully saturated rings. The molecule has 0 spiro atoms. The minimum Gasteiger partial charge on any atom is -0.419 e. The zero-order valence-electron chi connectivity index (χ0n) is 7.01. The third kappa shape index (κ3) is 3.58. The zero-order chi connectivity index (χ0) is 8.85. The molecule has 3 nitrogen and oxygen atoms in total. The summed E-state index contributed by atoms with van der Waals surface area (Å²) >= 11 is 0. The Morgan fingerprint density at radius 1 is 1.64 bits per heavy atom. The quantitative estimate of drug-likeness (QED) is 0.351. The van der Waals surface area contributed by atoms with Crippen molar-refractivity contribution >= 4 is 11.9 Å². The molecule has 0 heterocycles. The monoisotopic (exact) mass is 156 g/mol. The Morgan fingerprint density at radius 2 is 2.18 bits per heavy atom. The molecular weight excluding hydrogens is 144 g/mol. The van der Waals surface area contributed by atoms with Crippen LogP contribution in [0.2, 0.25) is 0 Å². The van der Waals surface area contributed by atoms with Gasteiger partial charge in [0, 0.05) is 12.8 Å². The van der Waals surface area contributed by atoms with Crippen molar-refractivity contribution in [1.29, 1.82) is 0 Å². The Balaban J connectivity index is 4.20. The van der Waals surface area contributed by atoms with Crippen molar-refractivity contribution in [2.75, 3.05) is 0 Å². The van der Waals surface area contributed by atoms with Gasteiger partial charge in [-0.2, -0.15) is 0 Å². The van der Waals surface area contributed by atoms with Crippen LogP contribution >= 0.6 is 0 Å². The second-order valence-corrected chi connectivity index (χ2v) is 2.37. The molecule has 0 amide bonds. The van der Waals surface area contributed by atoms with Gasteiger partial charge in [-0.1, -0.05) is 13.8 Å². The van der Waals surface area contributed by atoms with E-state index in [0.29, 0.717) is 0 Å². The molecule has 1 unspecified atom stereocenters. The minimum atomic E-state index is -0.469. The average molecular weight is 156 g/mol. The van der Waals surface area contributed by atoms with Crippen LogP contribution in [0.15, 0.2) is 5.76 Å². The number of rotatable bonds is 3. The van der Waals surface area contributed by atoms with E-state index in [1.165, 1.54) is 6.92 Å². The van der Waals surface area contributed by atoms with Gasteiger partial charge >= 0.3 is 5.97 Å². The first-order valence-electron chi connectivity index (χ1n) is 3.55. The molecule has 0 aromatic carbocycles. The average Bonchev–Trinajstić information content (AvgIpc) is 1.98. The maximum absolute atomic E-state index is 10.4. The largest absolute Gasteiger partial charge is 0.419 e. The van der Waals surface area contributed by atoms with Gasteiger partial charge in [-0.3, -0.25) is 4.79 Å². The first-order valence-corrected chi connectivity index (χ1v) is 3.55. The van der Waals surface area contributed by atoms with E-state index < -0.39 is 5.97 Å². The predicted molar refractivity (Wildman–Crippen MR) is 40.4 cm³/mol. The zero-order valence-corrected chi connectivity index (χ0v) is 7.01. The van der Waals surface area contributed by atoms with Gasteiger partial charge in [-0.05, 0) is 6.42 Å². The fourth-order valence-electron chi connectivity index (χ4n) is 0.562. The van der Waals surface area contributed by atoms with Crippen LogP contribution in [0.4, 0.5) is 0 Å². The van der Waals surface area contributed by atoms with E-state index in [1.807, 2.05) is 13.8 Å². The standard InChI is InChI=1S/C8H12O3/c1-4-6(2)8(5-9)11-7(3)10/h6H,4H2,1-3H3. The van der Waals surface area contributed by atoms with E-state index in [2.05, 4.69) is 4.74 Å². The lowest BCUT2D eigenvalue weighted by atomic mass is 10.1. The van der Waals surface area contributed by atoms with Crippen LogP contribution in [0.1, 0.15) is 27.2 Å². The highest BCUT2D eigenvalue weighted by molar-refractivity contribution is 5.69. The summed E-state index contributed by atoms with van der Waals surface area (Å²) in [7, 11) is 0. The first kappa shape index (κ1) is 9.92. The third-order valence-corrected chi connectivity index (χ3v) is 1.41. The lowest BCUT2D eigenvalue weighted by Gasteiger charge is -2.07. The summed E-state index contributed by atoms with van der Waals surface area (Å²) < 4.78 is 4.61. The Labute approximate surface area is 66.0 Å². The van der Waals surface area contributed by atoms with Gasteiger partial charge in [-0.15, -0.1) is 0 Å². The summed E-state index contributed by atoms with van der Waals surface area (Å²) in [5, 5.41) is 0. The van der Waals surface area contributed by atoms with Crippen molar-refractivity contribution < 1.29 is 14.3 Å². The van der Waals surface area contributed by atoms with E-state index in [4.69, 9.17) is 0 Å². The number of carbonyl (C=O) groups excluding carboxylic acids is 2. The van der Waals surface area contributed by atoms with Crippen LogP contribution in [-0.4, -0.2) is 11.9 Å². The molecule has 0 N–H and O–H groups in total. The van der Waals surface area contributed by atoms with Crippen LogP contribution in [0.25, 0.3) is 0 Å². The van der Waals surface area contributed by atoms with E-state index in [-0.39, 0.29) is 11.7 Å². The molecule has 62 valence electrons. The first-order chi connectivity index (χ1) is 5.11. The molecule has 0 saturated carbocycles. The van der Waals surface area contributed by atoms with Crippen LogP contribution in [0, 0.1) is 5.92 Å². The summed E-state index contributed by atoms with van der Waals surface area (Å²) in [4.78, 5) is 20.6. The highest BCUT2D eigenvalue weighted by Gasteiger charge is 2.10. The molecule has 3 heteroatoms. The van der Waals surface area contributed by atoms with Crippen LogP contribution < -0.4 is 0 Å². The van der Waals surface area contributed by atoms with Gasteiger partial charge < -0.3 is 4.74 Å². The summed E-state index contributed by atoms with van der Waals surface area (Å²) in [6.07, 6.45) is 0.762. The molecule has 0 aromatic rings. The van der Waals surface area contributed by atoms with Crippen molar-refractivity contribution in [3.05, 3.63) is 5.76 Å². The van der Waals surface area contributed by atoms with E-state index in [9.17, 15) is 9.59 Å². The van der Waals surface area contributed by atoms with Crippen molar-refractivity contribution in [3.63, 3.8) is 0 Å². The van der Waals surface area contributed by atoms with Gasteiger partial charge in [0.25, 0.3) is 0 Å². The summed E-state index contributed by atoms with van der Waals surface area (Å²) in [5.74, 6) is 1.20. The maximum Gasteiger partial charge on any atom is 0.308 e. The van der Waals surface area contributed by atoms with Crippen LogP contribution in [0.3, 0.4) is 0 Å². The summed E-state index contributed by atoms with van der Waals surface area (Å²) in [5.41, 5.74) is 0. The summed E-state index contributed by atoms with van der Waals surface area (Å²) in [6.45, 7) is 4.98. The Kier molecular flexibility index (Phi) is 4.23. The van der Waals surface area contributed by atoms with Crippen molar-refractivity contribution in [1.82, 2.24) is 0 Å². The molecular formula is C8H12O3. The topological polar surface area (TPSA) is 43.4 Å². The predicted octanol–water partition coefficient (Wildman–Crippen LogP) is 1.31. The van der Waals surface area contributed by atoms with Crippen molar-refractivity contribution in [2.45, 2.75) is 27.2 Å². The fraction of sp³-hybridized carbons (Fsp3) is 0.625. The number of hydrogen-bond donors (Lipinski definition) is 0. The van der Waals surface area contributed by atoms with Crippen molar-refractivity contribution in [2.24, 2.45) is 5.92 Å². The molecule has 0 aliphatic carbocycles. The second-order valence-electron chi connectivity index (χ2n) is 2.37. The number of allylic oxidation sites excluding steroid dienone is 1. The van der Waals surface area contributed by atoms with Gasteiger partial charge in [0.05, 0.1) is 0 Å². The minimum absolute atomic E-state index is 0.0311. The number of ether oxygens (including phenoxy) is 1. The smallest absolute Gasteiger partial charge is 0.308 e. The van der Waals surface area contributed by atoms with Crippen molar-refractivity contribution in [3.8, 4) is 0 Å². The molecule has 1 atom stereocenters. The molecule has 0 aromatic heterocycles. The Hall–Kier alpha value is -1.08. The lowest BCUT2D eigenvalue weighted by molar-refractivity contribution is -0.137. The highest BCUT2D eigenvalue weighted by atomic mass is 16.5. The number of hydrogen-bond acceptors (Lipinski definition) is 3. The van der Waals surface area contributed by atoms with Gasteiger partial charge in [0.15, 0.2) is 11.7 Å². The number of carbonyl (C=O) groups is 1. The molecule has 0 aliphatic rings. The van der Waals surface area contributed by atoms with Gasteiger partial charge in [0.2, 0.25) is 0 Å². The molecule has 0 bridgehead atoms. The molecule has 0 aliphatic heterocycles. The van der Waals surface area contributed by atoms with Crippen LogP contribution in [-0.2, 0) is 14.3 Å². The van der Waals surface area contributed by atoms with E-state index in [0.717, 1.165) is 6.42 Å². The highest BCUT2D eigenvalue weighted by Crippen LogP contribution is 2.12. The van der Waals surface area contributed by atoms with E-state index >= 15 is 0 Å². The number of esters is 1. The second kappa shape index (κ2) is 4.69. The SMILES string of the molecule is CCC(C)C(=C=O)OC(C)=O. The fourth-order valence-corrected chi connectivity index (χ4v) is 0.562. The molecule has 0 saturated heterocycles. The van der Waals surface area contributed by atoms with Crippen LogP contribution in [0.5, 0.6) is 0 Å². The van der Waals surface area contributed by atoms with Gasteiger partial charge in [-0.25, -0.2) is 4.79 Å². The molecule has 11 heavy (non-hydrogen) atoms. The normalized spacial score (nSPS) is 11.5. The Morgan fingerprint density at radius 3 is 2.45 bits per heavy atom.